The molecule has 1 aromatic carbocycles. The van der Waals surface area contributed by atoms with E-state index in [0.29, 0.717) is 22.4 Å². The molecule has 3 atom stereocenters. The summed E-state index contributed by atoms with van der Waals surface area (Å²) in [6.45, 7) is 2.11. The molecule has 128 valence electrons. The maximum absolute atomic E-state index is 11.6. The molecule has 3 N–H and O–H groups in total. The molecular weight excluding hydrogens is 330 g/mol. The molecule has 5 nitrogen and oxygen atoms in total. The van der Waals surface area contributed by atoms with Gasteiger partial charge in [-0.1, -0.05) is 12.1 Å². The fourth-order valence-electron chi connectivity index (χ4n) is 3.17. The number of sulfone groups is 1. The largest absolute Gasteiger partial charge is 0.307 e. The van der Waals surface area contributed by atoms with Crippen LogP contribution in [-0.2, 0) is 9.84 Å². The maximum Gasteiger partial charge on any atom is 0.175 e. The summed E-state index contributed by atoms with van der Waals surface area (Å²) < 4.78 is 23.1. The minimum Gasteiger partial charge on any atom is -0.307 e. The van der Waals surface area contributed by atoms with Gasteiger partial charge in [0.25, 0.3) is 0 Å². The first-order valence-electron chi connectivity index (χ1n) is 8.14. The van der Waals surface area contributed by atoms with Crippen LogP contribution in [0.1, 0.15) is 30.9 Å². The van der Waals surface area contributed by atoms with E-state index in [4.69, 9.17) is 0 Å². The van der Waals surface area contributed by atoms with Crippen molar-refractivity contribution in [1.82, 2.24) is 16.0 Å². The molecule has 0 bridgehead atoms. The maximum atomic E-state index is 11.6. The fourth-order valence-corrected chi connectivity index (χ4v) is 4.72. The summed E-state index contributed by atoms with van der Waals surface area (Å²) in [5.74, 6) is 1.06. The van der Waals surface area contributed by atoms with E-state index < -0.39 is 9.84 Å². The van der Waals surface area contributed by atoms with Crippen molar-refractivity contribution in [3.05, 3.63) is 29.8 Å². The third-order valence-corrected chi connectivity index (χ3v) is 6.79. The minimum atomic E-state index is -3.12. The zero-order valence-corrected chi connectivity index (χ0v) is 15.1. The Labute approximate surface area is 142 Å². The van der Waals surface area contributed by atoms with E-state index in [1.54, 1.807) is 12.1 Å². The molecule has 0 amide bonds. The quantitative estimate of drug-likeness (QED) is 0.743. The van der Waals surface area contributed by atoms with E-state index in [9.17, 15) is 8.42 Å². The highest BCUT2D eigenvalue weighted by molar-refractivity contribution is 8.00. The molecule has 0 spiro atoms. The Morgan fingerprint density at radius 3 is 2.70 bits per heavy atom. The molecule has 0 aromatic heterocycles. The zero-order valence-electron chi connectivity index (χ0n) is 13.4. The lowest BCUT2D eigenvalue weighted by atomic mass is 9.96. The van der Waals surface area contributed by atoms with E-state index in [-0.39, 0.29) is 0 Å². The Morgan fingerprint density at radius 1 is 1.26 bits per heavy atom. The van der Waals surface area contributed by atoms with E-state index >= 15 is 0 Å². The van der Waals surface area contributed by atoms with Crippen LogP contribution in [0.25, 0.3) is 0 Å². The molecule has 2 aliphatic rings. The van der Waals surface area contributed by atoms with Crippen LogP contribution in [0, 0.1) is 0 Å². The van der Waals surface area contributed by atoms with Gasteiger partial charge in [0, 0.05) is 36.5 Å². The van der Waals surface area contributed by atoms with Crippen molar-refractivity contribution in [2.75, 3.05) is 25.2 Å². The van der Waals surface area contributed by atoms with Crippen molar-refractivity contribution in [2.24, 2.45) is 0 Å². The number of piperidine rings is 1. The van der Waals surface area contributed by atoms with E-state index in [1.807, 2.05) is 23.9 Å². The molecule has 2 fully saturated rings. The van der Waals surface area contributed by atoms with Crippen molar-refractivity contribution in [1.29, 1.82) is 0 Å². The molecule has 0 aliphatic carbocycles. The Balaban J connectivity index is 1.57. The van der Waals surface area contributed by atoms with Gasteiger partial charge >= 0.3 is 0 Å². The number of hydrogen-bond acceptors (Lipinski definition) is 6. The highest BCUT2D eigenvalue weighted by Gasteiger charge is 2.23. The van der Waals surface area contributed by atoms with Gasteiger partial charge in [0.1, 0.15) is 0 Å². The lowest BCUT2D eigenvalue weighted by Gasteiger charge is -2.32. The topological polar surface area (TPSA) is 70.2 Å². The van der Waals surface area contributed by atoms with Gasteiger partial charge in [0.2, 0.25) is 0 Å². The highest BCUT2D eigenvalue weighted by Crippen LogP contribution is 2.26. The van der Waals surface area contributed by atoms with Gasteiger partial charge in [-0.05, 0) is 37.0 Å². The number of hydrogen-bond donors (Lipinski definition) is 3. The summed E-state index contributed by atoms with van der Waals surface area (Å²) in [6, 6.07) is 7.60. The van der Waals surface area contributed by atoms with Crippen LogP contribution in [0.15, 0.2) is 29.2 Å². The molecule has 23 heavy (non-hydrogen) atoms. The van der Waals surface area contributed by atoms with Crippen molar-refractivity contribution < 1.29 is 8.42 Å². The second-order valence-electron chi connectivity index (χ2n) is 6.34. The van der Waals surface area contributed by atoms with Crippen molar-refractivity contribution in [2.45, 2.75) is 41.6 Å². The van der Waals surface area contributed by atoms with Crippen molar-refractivity contribution in [3.63, 3.8) is 0 Å². The average Bonchev–Trinajstić information content (AvgIpc) is 3.06. The number of rotatable bonds is 5. The van der Waals surface area contributed by atoms with Gasteiger partial charge in [0.15, 0.2) is 9.84 Å². The van der Waals surface area contributed by atoms with Gasteiger partial charge < -0.3 is 10.6 Å². The van der Waals surface area contributed by atoms with Gasteiger partial charge in [-0.15, -0.1) is 11.8 Å². The normalized spacial score (nSPS) is 28.8. The Bertz CT molecular complexity index is 613. The van der Waals surface area contributed by atoms with Gasteiger partial charge in [-0.2, -0.15) is 0 Å². The number of thioether (sulfide) groups is 1. The first-order valence-corrected chi connectivity index (χ1v) is 11.1. The Morgan fingerprint density at radius 2 is 2.04 bits per heavy atom. The van der Waals surface area contributed by atoms with Crippen LogP contribution in [0.2, 0.25) is 0 Å². The summed E-state index contributed by atoms with van der Waals surface area (Å²) in [5, 5.41) is 11.3. The third kappa shape index (κ3) is 4.70. The second-order valence-corrected chi connectivity index (χ2v) is 9.64. The monoisotopic (exact) mass is 355 g/mol. The number of benzene rings is 1. The fraction of sp³-hybridized carbons (Fsp3) is 0.625. The van der Waals surface area contributed by atoms with Crippen molar-refractivity contribution in [3.8, 4) is 0 Å². The van der Waals surface area contributed by atoms with Gasteiger partial charge in [-0.25, -0.2) is 8.42 Å². The molecule has 7 heteroatoms. The summed E-state index contributed by atoms with van der Waals surface area (Å²) in [6.07, 6.45) is 5.00. The molecule has 1 aromatic rings. The van der Waals surface area contributed by atoms with Crippen LogP contribution in [0.5, 0.6) is 0 Å². The summed E-state index contributed by atoms with van der Waals surface area (Å²) >= 11 is 1.97. The van der Waals surface area contributed by atoms with Crippen LogP contribution in [0.4, 0.5) is 0 Å². The van der Waals surface area contributed by atoms with Crippen LogP contribution >= 0.6 is 11.8 Å². The zero-order chi connectivity index (χ0) is 16.3. The highest BCUT2D eigenvalue weighted by atomic mass is 32.2. The lowest BCUT2D eigenvalue weighted by molar-refractivity contribution is 0.285. The van der Waals surface area contributed by atoms with Gasteiger partial charge in [0.05, 0.1) is 11.1 Å². The minimum absolute atomic E-state index is 0.296. The predicted octanol–water partition coefficient (Wildman–Crippen LogP) is 1.48. The number of nitrogens with one attached hydrogen (secondary N) is 3. The van der Waals surface area contributed by atoms with E-state index in [2.05, 4.69) is 16.0 Å². The van der Waals surface area contributed by atoms with Crippen molar-refractivity contribution >= 4 is 21.6 Å². The Hall–Kier alpha value is -0.600. The van der Waals surface area contributed by atoms with Crippen LogP contribution < -0.4 is 16.0 Å². The van der Waals surface area contributed by atoms with Gasteiger partial charge in [-0.3, -0.25) is 5.32 Å². The summed E-state index contributed by atoms with van der Waals surface area (Å²) in [5.41, 5.74) is 1.17. The molecule has 3 unspecified atom stereocenters. The predicted molar refractivity (Wildman–Crippen MR) is 95.3 cm³/mol. The van der Waals surface area contributed by atoms with Crippen LogP contribution in [0.3, 0.4) is 0 Å². The molecule has 2 aliphatic heterocycles. The average molecular weight is 356 g/mol. The Kier molecular flexibility index (Phi) is 5.64. The molecule has 2 heterocycles. The molecule has 2 saturated heterocycles. The van der Waals surface area contributed by atoms with E-state index in [0.717, 1.165) is 31.8 Å². The first kappa shape index (κ1) is 17.2. The standard InChI is InChI=1S/C16H25N3O2S2/c1-23(20,21)14-7-5-12(6-8-14)15-3-2-4-16(19-15)18-10-13-9-17-11-22-13/h5-8,13,15-19H,2-4,9-11H2,1H3. The molecular formula is C16H25N3O2S2. The first-order chi connectivity index (χ1) is 11.0. The summed E-state index contributed by atoms with van der Waals surface area (Å²) in [7, 11) is -3.12. The smallest absolute Gasteiger partial charge is 0.175 e. The lowest BCUT2D eigenvalue weighted by Crippen LogP contribution is -2.48. The second kappa shape index (κ2) is 7.53. The SMILES string of the molecule is CS(=O)(=O)c1ccc(C2CCCC(NCC3CNCS3)N2)cc1. The van der Waals surface area contributed by atoms with Crippen LogP contribution in [-0.4, -0.2) is 45.1 Å². The molecule has 0 radical (unpaired) electrons. The molecule has 3 rings (SSSR count). The summed E-state index contributed by atoms with van der Waals surface area (Å²) in [4.78, 5) is 0.387. The molecule has 0 saturated carbocycles. The third-order valence-electron chi connectivity index (χ3n) is 4.48. The van der Waals surface area contributed by atoms with E-state index in [1.165, 1.54) is 18.2 Å².